The Labute approximate surface area is 194 Å². The van der Waals surface area contributed by atoms with Crippen molar-refractivity contribution in [2.24, 2.45) is 5.92 Å². The number of benzene rings is 3. The first kappa shape index (κ1) is 22.7. The van der Waals surface area contributed by atoms with Gasteiger partial charge in [0.1, 0.15) is 0 Å². The Balaban J connectivity index is 1.81. The summed E-state index contributed by atoms with van der Waals surface area (Å²) in [6, 6.07) is 28.6. The molecule has 1 aliphatic rings. The minimum atomic E-state index is -0.904. The zero-order valence-electron chi connectivity index (χ0n) is 18.6. The van der Waals surface area contributed by atoms with E-state index in [1.54, 1.807) is 0 Å². The van der Waals surface area contributed by atoms with Crippen LogP contribution in [0.25, 0.3) is 0 Å². The molecule has 1 heterocycles. The van der Waals surface area contributed by atoms with Gasteiger partial charge in [0.15, 0.2) is 0 Å². The van der Waals surface area contributed by atoms with Crippen LogP contribution in [-0.4, -0.2) is 41.5 Å². The minimum Gasteiger partial charge on any atom is -0.469 e. The number of nitrogens with zero attached hydrogens (tertiary/aromatic N) is 2. The second-order valence-electron chi connectivity index (χ2n) is 8.52. The van der Waals surface area contributed by atoms with E-state index < -0.39 is 24.0 Å². The number of nitro groups is 1. The Bertz CT molecular complexity index is 1020. The third-order valence-corrected chi connectivity index (χ3v) is 6.51. The monoisotopic (exact) mass is 444 g/mol. The van der Waals surface area contributed by atoms with Gasteiger partial charge in [-0.3, -0.25) is 19.8 Å². The summed E-state index contributed by atoms with van der Waals surface area (Å²) in [5, 5.41) is 12.5. The number of carbonyl (C=O) groups is 1. The molecule has 0 N–H and O–H groups in total. The van der Waals surface area contributed by atoms with E-state index in [-0.39, 0.29) is 17.3 Å². The van der Waals surface area contributed by atoms with Crippen LogP contribution in [0.3, 0.4) is 0 Å². The van der Waals surface area contributed by atoms with Gasteiger partial charge in [0, 0.05) is 23.9 Å². The minimum absolute atomic E-state index is 0.0280. The molecule has 0 bridgehead atoms. The topological polar surface area (TPSA) is 72.7 Å². The lowest BCUT2D eigenvalue weighted by Gasteiger charge is -2.33. The maximum Gasteiger partial charge on any atom is 0.306 e. The van der Waals surface area contributed by atoms with Crippen molar-refractivity contribution in [2.75, 3.05) is 13.7 Å². The first-order chi connectivity index (χ1) is 16.1. The van der Waals surface area contributed by atoms with Crippen LogP contribution in [0.4, 0.5) is 0 Å². The Morgan fingerprint density at radius 1 is 0.970 bits per heavy atom. The molecule has 0 saturated carbocycles. The summed E-state index contributed by atoms with van der Waals surface area (Å²) in [6.07, 6.45) is 0.0280. The van der Waals surface area contributed by atoms with E-state index >= 15 is 0 Å². The Kier molecular flexibility index (Phi) is 7.15. The molecule has 0 aliphatic carbocycles. The maximum absolute atomic E-state index is 12.5. The van der Waals surface area contributed by atoms with E-state index in [4.69, 9.17) is 4.74 Å². The molecule has 6 heteroatoms. The highest BCUT2D eigenvalue weighted by Crippen LogP contribution is 2.41. The van der Waals surface area contributed by atoms with Crippen LogP contribution in [0.2, 0.25) is 0 Å². The van der Waals surface area contributed by atoms with E-state index in [0.717, 1.165) is 16.7 Å². The van der Waals surface area contributed by atoms with Gasteiger partial charge >= 0.3 is 5.97 Å². The van der Waals surface area contributed by atoms with Crippen molar-refractivity contribution in [1.82, 2.24) is 4.90 Å². The van der Waals surface area contributed by atoms with Crippen LogP contribution in [0, 0.1) is 16.0 Å². The maximum atomic E-state index is 12.5. The molecule has 0 unspecified atom stereocenters. The average Bonchev–Trinajstić information content (AvgIpc) is 3.18. The van der Waals surface area contributed by atoms with Gasteiger partial charge in [0.25, 0.3) is 0 Å². The number of ether oxygens (including phenoxy) is 1. The summed E-state index contributed by atoms with van der Waals surface area (Å²) in [6.45, 7) is 1.03. The van der Waals surface area contributed by atoms with Gasteiger partial charge in [-0.1, -0.05) is 91.0 Å². The van der Waals surface area contributed by atoms with Crippen molar-refractivity contribution in [1.29, 1.82) is 0 Å². The lowest BCUT2D eigenvalue weighted by Crippen LogP contribution is -2.44. The predicted molar refractivity (Wildman–Crippen MR) is 126 cm³/mol. The Hall–Kier alpha value is -3.51. The van der Waals surface area contributed by atoms with E-state index in [1.165, 1.54) is 7.11 Å². The molecule has 170 valence electrons. The lowest BCUT2D eigenvalue weighted by atomic mass is 9.80. The Morgan fingerprint density at radius 3 is 1.97 bits per heavy atom. The van der Waals surface area contributed by atoms with Gasteiger partial charge in [-0.25, -0.2) is 0 Å². The molecular formula is C27H28N2O4. The third kappa shape index (κ3) is 5.12. The van der Waals surface area contributed by atoms with Crippen LogP contribution in [0.15, 0.2) is 91.0 Å². The van der Waals surface area contributed by atoms with Crippen LogP contribution < -0.4 is 0 Å². The number of hydrogen-bond donors (Lipinski definition) is 0. The van der Waals surface area contributed by atoms with Gasteiger partial charge in [-0.2, -0.15) is 0 Å². The summed E-state index contributed by atoms with van der Waals surface area (Å²) in [5.74, 6) is -1.06. The fourth-order valence-corrected chi connectivity index (χ4v) is 5.11. The third-order valence-electron chi connectivity index (χ3n) is 6.51. The molecule has 3 aromatic rings. The van der Waals surface area contributed by atoms with Crippen LogP contribution in [-0.2, 0) is 16.1 Å². The highest BCUT2D eigenvalue weighted by Gasteiger charge is 2.53. The van der Waals surface area contributed by atoms with Crippen LogP contribution in [0.1, 0.15) is 29.0 Å². The Morgan fingerprint density at radius 2 is 1.48 bits per heavy atom. The number of hydrogen-bond acceptors (Lipinski definition) is 5. The number of rotatable bonds is 8. The van der Waals surface area contributed by atoms with E-state index in [1.807, 2.05) is 91.0 Å². The van der Waals surface area contributed by atoms with E-state index in [9.17, 15) is 14.9 Å². The highest BCUT2D eigenvalue weighted by atomic mass is 16.6. The standard InChI is InChI=1S/C27H28N2O4/c1-33-24(30)17-23-19-28(18-20-11-5-2-6-12-20)27(26(23)29(31)32)25(21-13-7-3-8-14-21)22-15-9-4-10-16-22/h2-16,23,25-27H,17-19H2,1H3/t23-,26+,27+/m0/s1. The molecule has 33 heavy (non-hydrogen) atoms. The van der Waals surface area contributed by atoms with Crippen LogP contribution in [0.5, 0.6) is 0 Å². The van der Waals surface area contributed by atoms with Crippen molar-refractivity contribution < 1.29 is 14.5 Å². The fraction of sp³-hybridized carbons (Fsp3) is 0.296. The molecule has 0 spiro atoms. The number of carbonyl (C=O) groups excluding carboxylic acids is 1. The van der Waals surface area contributed by atoms with Gasteiger partial charge in [-0.15, -0.1) is 0 Å². The molecule has 1 fully saturated rings. The second kappa shape index (κ2) is 10.4. The van der Waals surface area contributed by atoms with E-state index in [0.29, 0.717) is 13.1 Å². The number of likely N-dealkylation sites (tertiary alicyclic amines) is 1. The molecule has 6 nitrogen and oxygen atoms in total. The second-order valence-corrected chi connectivity index (χ2v) is 8.52. The zero-order chi connectivity index (χ0) is 23.2. The van der Waals surface area contributed by atoms with Crippen molar-refractivity contribution in [3.8, 4) is 0 Å². The summed E-state index contributed by atoms with van der Waals surface area (Å²) in [7, 11) is 1.33. The van der Waals surface area contributed by atoms with Gasteiger partial charge < -0.3 is 4.74 Å². The molecule has 4 rings (SSSR count). The normalized spacial score (nSPS) is 20.6. The molecule has 0 amide bonds. The largest absolute Gasteiger partial charge is 0.469 e. The molecule has 3 aromatic carbocycles. The number of esters is 1. The van der Waals surface area contributed by atoms with Crippen LogP contribution >= 0.6 is 0 Å². The number of methoxy groups -OCH3 is 1. The van der Waals surface area contributed by atoms with Crippen molar-refractivity contribution in [3.05, 3.63) is 118 Å². The highest BCUT2D eigenvalue weighted by molar-refractivity contribution is 5.69. The van der Waals surface area contributed by atoms with E-state index in [2.05, 4.69) is 4.90 Å². The average molecular weight is 445 g/mol. The molecule has 0 aromatic heterocycles. The molecule has 3 atom stereocenters. The smallest absolute Gasteiger partial charge is 0.306 e. The van der Waals surface area contributed by atoms with Gasteiger partial charge in [-0.05, 0) is 16.7 Å². The van der Waals surface area contributed by atoms with Crippen molar-refractivity contribution >= 4 is 5.97 Å². The molecule has 0 radical (unpaired) electrons. The summed E-state index contributed by atoms with van der Waals surface area (Å²) >= 11 is 0. The van der Waals surface area contributed by atoms with Crippen molar-refractivity contribution in [2.45, 2.75) is 31.0 Å². The SMILES string of the molecule is COC(=O)C[C@H]1CN(Cc2ccccc2)[C@H](C(c2ccccc2)c2ccccc2)[C@@H]1[N+](=O)[O-]. The van der Waals surface area contributed by atoms with Crippen molar-refractivity contribution in [3.63, 3.8) is 0 Å². The summed E-state index contributed by atoms with van der Waals surface area (Å²) in [5.41, 5.74) is 3.14. The summed E-state index contributed by atoms with van der Waals surface area (Å²) in [4.78, 5) is 26.6. The first-order valence-electron chi connectivity index (χ1n) is 11.2. The first-order valence-corrected chi connectivity index (χ1v) is 11.2. The summed E-state index contributed by atoms with van der Waals surface area (Å²) < 4.78 is 4.88. The fourth-order valence-electron chi connectivity index (χ4n) is 5.11. The quantitative estimate of drug-likeness (QED) is 0.290. The predicted octanol–water partition coefficient (Wildman–Crippen LogP) is 4.53. The molecular weight excluding hydrogens is 416 g/mol. The lowest BCUT2D eigenvalue weighted by molar-refractivity contribution is -0.532. The zero-order valence-corrected chi connectivity index (χ0v) is 18.6. The molecule has 1 saturated heterocycles. The van der Waals surface area contributed by atoms with Gasteiger partial charge in [0.05, 0.1) is 25.5 Å². The van der Waals surface area contributed by atoms with Gasteiger partial charge in [0.2, 0.25) is 6.04 Å². The molecule has 1 aliphatic heterocycles.